The number of anilines is 1. The molecule has 0 bridgehead atoms. The second-order valence-corrected chi connectivity index (χ2v) is 13.8. The second kappa shape index (κ2) is 13.4. The van der Waals surface area contributed by atoms with Crippen molar-refractivity contribution in [2.24, 2.45) is 0 Å². The molecule has 5 aromatic rings. The van der Waals surface area contributed by atoms with Crippen molar-refractivity contribution in [3.63, 3.8) is 0 Å². The number of hydrogen-bond donors (Lipinski definition) is 1. The number of aryl methyl sites for hydroxylation is 1. The molecule has 0 amide bonds. The molecular formula is C36H30ClF2N7O3S. The Bertz CT molecular complexity index is 2320. The molecule has 0 saturated carbocycles. The van der Waals surface area contributed by atoms with Crippen molar-refractivity contribution in [3.05, 3.63) is 79.9 Å². The van der Waals surface area contributed by atoms with Crippen LogP contribution in [-0.4, -0.2) is 73.6 Å². The van der Waals surface area contributed by atoms with Gasteiger partial charge in [0.1, 0.15) is 23.3 Å². The van der Waals surface area contributed by atoms with E-state index in [1.165, 1.54) is 22.1 Å². The quantitative estimate of drug-likeness (QED) is 0.207. The van der Waals surface area contributed by atoms with Crippen LogP contribution in [0.2, 0.25) is 5.02 Å². The normalized spacial score (nSPS) is 16.7. The van der Waals surface area contributed by atoms with E-state index < -0.39 is 17.5 Å². The smallest absolute Gasteiger partial charge is 0.338 e. The SMILES string of the molecule is Cc1nc2cnc(N3CCC(N4CCC(F)(F)CC4)CC3)c(C#N)c2c(=O)n1CC#Cc1ccc(Cl)cc1-c1ccnc2c(C(=O)O)csc12. The number of halogens is 3. The Morgan fingerprint density at radius 3 is 2.62 bits per heavy atom. The van der Waals surface area contributed by atoms with Crippen LogP contribution in [0.25, 0.3) is 32.2 Å². The van der Waals surface area contributed by atoms with Crippen LogP contribution in [0, 0.1) is 30.1 Å². The van der Waals surface area contributed by atoms with Gasteiger partial charge in [0, 0.05) is 78.4 Å². The third kappa shape index (κ3) is 6.29. The van der Waals surface area contributed by atoms with Crippen LogP contribution in [0.15, 0.2) is 46.8 Å². The predicted molar refractivity (Wildman–Crippen MR) is 188 cm³/mol. The molecule has 0 radical (unpaired) electrons. The highest BCUT2D eigenvalue weighted by atomic mass is 35.5. The van der Waals surface area contributed by atoms with Crippen molar-refractivity contribution in [2.45, 2.75) is 51.1 Å². The molecule has 1 aromatic carbocycles. The number of fused-ring (bicyclic) bond motifs is 2. The molecule has 1 N–H and O–H groups in total. The van der Waals surface area contributed by atoms with E-state index in [0.29, 0.717) is 69.7 Å². The van der Waals surface area contributed by atoms with Gasteiger partial charge >= 0.3 is 5.97 Å². The lowest BCUT2D eigenvalue weighted by Crippen LogP contribution is -2.49. The van der Waals surface area contributed by atoms with E-state index in [9.17, 15) is 28.7 Å². The number of aromatic carboxylic acids is 1. The number of carboxylic acid groups (broad SMARTS) is 1. The Morgan fingerprint density at radius 1 is 1.14 bits per heavy atom. The summed E-state index contributed by atoms with van der Waals surface area (Å²) in [6.07, 6.45) is 4.31. The van der Waals surface area contributed by atoms with E-state index in [4.69, 9.17) is 11.6 Å². The summed E-state index contributed by atoms with van der Waals surface area (Å²) < 4.78 is 29.5. The molecule has 7 rings (SSSR count). The number of carboxylic acids is 1. The van der Waals surface area contributed by atoms with Crippen LogP contribution < -0.4 is 10.5 Å². The summed E-state index contributed by atoms with van der Waals surface area (Å²) in [5.74, 6) is 3.41. The molecule has 2 fully saturated rings. The number of piperidine rings is 2. The van der Waals surface area contributed by atoms with Gasteiger partial charge in [-0.05, 0) is 44.0 Å². The van der Waals surface area contributed by atoms with E-state index in [1.807, 2.05) is 4.90 Å². The molecule has 0 unspecified atom stereocenters. The number of rotatable bonds is 5. The molecule has 0 spiro atoms. The lowest BCUT2D eigenvalue weighted by atomic mass is 9.98. The minimum Gasteiger partial charge on any atom is -0.478 e. The molecule has 50 heavy (non-hydrogen) atoms. The van der Waals surface area contributed by atoms with E-state index in [0.717, 1.165) is 18.4 Å². The van der Waals surface area contributed by atoms with Crippen molar-refractivity contribution in [3.8, 4) is 29.0 Å². The molecule has 2 aliphatic rings. The van der Waals surface area contributed by atoms with Gasteiger partial charge in [-0.2, -0.15) is 5.26 Å². The number of aromatic nitrogens is 4. The standard InChI is InChI=1S/C36H30ClF2N7O3S/c1-21-43-29-19-42-33(45-13-7-24(8-14-45)44-15-9-36(38,39)10-16-44)27(18-40)30(29)34(47)46(21)12-2-3-22-4-5-23(37)17-26(22)25-6-11-41-31-28(35(48)49)20-50-32(25)31/h4-6,11,17,19-20,24H,7-10,12-16H2,1H3,(H,48,49). The van der Waals surface area contributed by atoms with Gasteiger partial charge in [0.15, 0.2) is 0 Å². The van der Waals surface area contributed by atoms with Crippen molar-refractivity contribution in [1.29, 1.82) is 5.26 Å². The fourth-order valence-electron chi connectivity index (χ4n) is 6.86. The first-order valence-corrected chi connectivity index (χ1v) is 17.4. The lowest BCUT2D eigenvalue weighted by molar-refractivity contribution is -0.0646. The van der Waals surface area contributed by atoms with Crippen LogP contribution in [0.3, 0.4) is 0 Å². The van der Waals surface area contributed by atoms with E-state index >= 15 is 0 Å². The first kappa shape index (κ1) is 33.5. The zero-order valence-electron chi connectivity index (χ0n) is 26.9. The van der Waals surface area contributed by atoms with Gasteiger partial charge in [0.2, 0.25) is 0 Å². The summed E-state index contributed by atoms with van der Waals surface area (Å²) >= 11 is 7.65. The number of hydrogen-bond acceptors (Lipinski definition) is 9. The molecule has 0 aliphatic carbocycles. The zero-order valence-corrected chi connectivity index (χ0v) is 28.5. The third-order valence-electron chi connectivity index (χ3n) is 9.51. The van der Waals surface area contributed by atoms with Crippen LogP contribution in [-0.2, 0) is 6.54 Å². The van der Waals surface area contributed by atoms with Crippen LogP contribution in [0.5, 0.6) is 0 Å². The Hall–Kier alpha value is -4.95. The first-order valence-electron chi connectivity index (χ1n) is 16.1. The third-order valence-corrected chi connectivity index (χ3v) is 10.7. The van der Waals surface area contributed by atoms with Crippen LogP contribution in [0.4, 0.5) is 14.6 Å². The minimum atomic E-state index is -2.59. The average Bonchev–Trinajstić information content (AvgIpc) is 3.55. The second-order valence-electron chi connectivity index (χ2n) is 12.5. The van der Waals surface area contributed by atoms with Gasteiger partial charge in [0.05, 0.1) is 39.4 Å². The van der Waals surface area contributed by atoms with Gasteiger partial charge < -0.3 is 10.0 Å². The van der Waals surface area contributed by atoms with E-state index in [-0.39, 0.29) is 41.9 Å². The summed E-state index contributed by atoms with van der Waals surface area (Å²) in [7, 11) is 0. The molecule has 0 atom stereocenters. The summed E-state index contributed by atoms with van der Waals surface area (Å²) in [5.41, 5.74) is 2.61. The van der Waals surface area contributed by atoms with Crippen molar-refractivity contribution in [1.82, 2.24) is 24.4 Å². The zero-order chi connectivity index (χ0) is 35.2. The lowest BCUT2D eigenvalue weighted by Gasteiger charge is -2.42. The molecule has 254 valence electrons. The summed E-state index contributed by atoms with van der Waals surface area (Å²) in [4.78, 5) is 43.3. The first-order chi connectivity index (χ1) is 24.0. The highest BCUT2D eigenvalue weighted by Gasteiger charge is 2.37. The highest BCUT2D eigenvalue weighted by molar-refractivity contribution is 7.18. The van der Waals surface area contributed by atoms with Gasteiger partial charge in [-0.25, -0.2) is 23.5 Å². The highest BCUT2D eigenvalue weighted by Crippen LogP contribution is 2.37. The van der Waals surface area contributed by atoms with Gasteiger partial charge in [-0.1, -0.05) is 23.4 Å². The Kier molecular flexibility index (Phi) is 8.99. The van der Waals surface area contributed by atoms with Crippen molar-refractivity contribution < 1.29 is 18.7 Å². The Morgan fingerprint density at radius 2 is 1.90 bits per heavy atom. The average molecular weight is 714 g/mol. The Balaban J connectivity index is 1.17. The molecule has 2 saturated heterocycles. The molecule has 4 aromatic heterocycles. The molecule has 2 aliphatic heterocycles. The Labute approximate surface area is 294 Å². The summed E-state index contributed by atoms with van der Waals surface area (Å²) in [6, 6.07) is 9.42. The molecular weight excluding hydrogens is 684 g/mol. The number of nitrogens with zero attached hydrogens (tertiary/aromatic N) is 7. The largest absolute Gasteiger partial charge is 0.478 e. The number of likely N-dealkylation sites (tertiary alicyclic amines) is 1. The van der Waals surface area contributed by atoms with Crippen LogP contribution in [0.1, 0.15) is 53.0 Å². The van der Waals surface area contributed by atoms with Crippen molar-refractivity contribution >= 4 is 55.8 Å². The monoisotopic (exact) mass is 713 g/mol. The fraction of sp³-hybridized carbons (Fsp3) is 0.333. The number of alkyl halides is 2. The van der Waals surface area contributed by atoms with Gasteiger partial charge in [-0.15, -0.1) is 11.3 Å². The van der Waals surface area contributed by atoms with E-state index in [2.05, 4.69) is 37.8 Å². The maximum atomic E-state index is 14.0. The maximum absolute atomic E-state index is 14.0. The van der Waals surface area contributed by atoms with Crippen molar-refractivity contribution in [2.75, 3.05) is 31.1 Å². The molecule has 10 nitrogen and oxygen atoms in total. The number of pyridine rings is 2. The summed E-state index contributed by atoms with van der Waals surface area (Å²) in [5, 5.41) is 22.1. The molecule has 6 heterocycles. The minimum absolute atomic E-state index is 0.00755. The predicted octanol–water partition coefficient (Wildman–Crippen LogP) is 6.35. The number of nitriles is 1. The van der Waals surface area contributed by atoms with E-state index in [1.54, 1.807) is 42.8 Å². The number of carbonyl (C=O) groups is 1. The van der Waals surface area contributed by atoms with Gasteiger partial charge in [-0.3, -0.25) is 19.2 Å². The number of thiophene rings is 1. The summed E-state index contributed by atoms with van der Waals surface area (Å²) in [6.45, 7) is 3.60. The van der Waals surface area contributed by atoms with Crippen LogP contribution >= 0.6 is 22.9 Å². The topological polar surface area (TPSA) is 128 Å². The number of benzene rings is 1. The van der Waals surface area contributed by atoms with Gasteiger partial charge in [0.25, 0.3) is 11.5 Å². The fourth-order valence-corrected chi connectivity index (χ4v) is 8.06. The molecule has 14 heteroatoms. The maximum Gasteiger partial charge on any atom is 0.338 e.